The maximum Gasteiger partial charge on any atom is 0.318 e. The lowest BCUT2D eigenvalue weighted by molar-refractivity contribution is -0.128. The van der Waals surface area contributed by atoms with Gasteiger partial charge in [0, 0.05) is 55.0 Å². The molecule has 0 bridgehead atoms. The summed E-state index contributed by atoms with van der Waals surface area (Å²) in [7, 11) is 0. The summed E-state index contributed by atoms with van der Waals surface area (Å²) in [5.41, 5.74) is 1.82. The zero-order valence-corrected chi connectivity index (χ0v) is 30.9. The second-order valence-electron chi connectivity index (χ2n) is 15.1. The van der Waals surface area contributed by atoms with Gasteiger partial charge in [-0.05, 0) is 76.6 Å². The van der Waals surface area contributed by atoms with Gasteiger partial charge in [-0.3, -0.25) is 9.69 Å². The minimum Gasteiger partial charge on any atom is -0.461 e. The van der Waals surface area contributed by atoms with E-state index in [1.54, 1.807) is 18.7 Å². The molecule has 0 unspecified atom stereocenters. The maximum absolute atomic E-state index is 13.5. The van der Waals surface area contributed by atoms with Crippen molar-refractivity contribution in [3.8, 4) is 12.1 Å². The van der Waals surface area contributed by atoms with E-state index in [1.807, 2.05) is 12.1 Å². The minimum atomic E-state index is -1.27. The summed E-state index contributed by atoms with van der Waals surface area (Å²) in [6.07, 6.45) is 8.28. The van der Waals surface area contributed by atoms with E-state index in [9.17, 15) is 15.2 Å². The number of nitrogens with zero attached hydrogens (tertiary/aromatic N) is 9. The van der Waals surface area contributed by atoms with E-state index >= 15 is 0 Å². The number of ether oxygens (including phenoxy) is 1. The van der Waals surface area contributed by atoms with Crippen LogP contribution in [0.25, 0.3) is 16.8 Å². The highest BCUT2D eigenvalue weighted by Crippen LogP contribution is 2.40. The molecule has 3 fully saturated rings. The van der Waals surface area contributed by atoms with E-state index in [1.165, 1.54) is 25.0 Å². The first kappa shape index (κ1) is 35.3. The number of hydrogen-bond acceptors (Lipinski definition) is 12. The van der Waals surface area contributed by atoms with Gasteiger partial charge in [-0.1, -0.05) is 41.0 Å². The van der Waals surface area contributed by atoms with Crippen molar-refractivity contribution in [3.63, 3.8) is 0 Å². The number of anilines is 2. The fraction of sp³-hybridized carbons (Fsp3) is 0.487. The number of carbonyl (C=O) groups excluding carboxylic acids is 1. The van der Waals surface area contributed by atoms with Gasteiger partial charge >= 0.3 is 6.01 Å². The average molecular weight is 738 g/mol. The number of nitriles is 1. The summed E-state index contributed by atoms with van der Waals surface area (Å²) in [6, 6.07) is 14.5. The van der Waals surface area contributed by atoms with E-state index in [0.29, 0.717) is 45.2 Å². The first-order valence-electron chi connectivity index (χ1n) is 18.5. The van der Waals surface area contributed by atoms with Crippen LogP contribution in [0, 0.1) is 11.3 Å². The second-order valence-corrected chi connectivity index (χ2v) is 15.5. The molecule has 2 aromatic heterocycles. The summed E-state index contributed by atoms with van der Waals surface area (Å²) in [6.45, 7) is 8.55. The van der Waals surface area contributed by atoms with Gasteiger partial charge in [0.25, 0.3) is 5.89 Å². The number of carbonyl (C=O) groups is 1. The van der Waals surface area contributed by atoms with Gasteiger partial charge in [0.15, 0.2) is 0 Å². The second kappa shape index (κ2) is 14.2. The van der Waals surface area contributed by atoms with Crippen molar-refractivity contribution in [2.75, 3.05) is 55.7 Å². The van der Waals surface area contributed by atoms with Gasteiger partial charge in [-0.15, -0.1) is 0 Å². The van der Waals surface area contributed by atoms with Gasteiger partial charge in [0.2, 0.25) is 11.7 Å². The third kappa shape index (κ3) is 6.91. The summed E-state index contributed by atoms with van der Waals surface area (Å²) in [4.78, 5) is 36.6. The Kier molecular flexibility index (Phi) is 9.47. The molecule has 1 N–H and O–H groups in total. The molecular formula is C39H44ClN9O4. The number of aromatic nitrogens is 4. The standard InChI is InChI=1S/C39H44ClN9O4/c1-38(2,51)36-43-32(53-45-36)11-12-33(50)49-22-21-47(23-27(49)13-17-41)35-28-14-20-46(31-10-4-8-26-7-3-9-29(40)34(26)31)24-30(28)42-37(44-35)52-25-39-15-5-18-48(39)19-6-16-39/h3-4,7-12,27,51H,5-6,13-16,18-25H2,1-2H3/b12-11+/t27-/m0/s1. The molecular weight excluding hydrogens is 694 g/mol. The highest BCUT2D eigenvalue weighted by atomic mass is 35.5. The first-order valence-corrected chi connectivity index (χ1v) is 18.9. The monoisotopic (exact) mass is 737 g/mol. The molecule has 4 aliphatic rings. The van der Waals surface area contributed by atoms with Crippen LogP contribution in [0.1, 0.15) is 68.9 Å². The number of benzene rings is 2. The molecule has 0 radical (unpaired) electrons. The Morgan fingerprint density at radius 3 is 2.64 bits per heavy atom. The lowest BCUT2D eigenvalue weighted by Crippen LogP contribution is -2.55. The summed E-state index contributed by atoms with van der Waals surface area (Å²) < 4.78 is 11.8. The fourth-order valence-electron chi connectivity index (χ4n) is 8.53. The summed E-state index contributed by atoms with van der Waals surface area (Å²) in [5.74, 6) is 0.791. The van der Waals surface area contributed by atoms with Gasteiger partial charge in [0.05, 0.1) is 41.3 Å². The first-order chi connectivity index (χ1) is 25.6. The smallest absolute Gasteiger partial charge is 0.318 e. The molecule has 0 spiro atoms. The van der Waals surface area contributed by atoms with Crippen LogP contribution in [-0.4, -0.2) is 98.4 Å². The van der Waals surface area contributed by atoms with Crippen LogP contribution < -0.4 is 14.5 Å². The highest BCUT2D eigenvalue weighted by molar-refractivity contribution is 6.36. The largest absolute Gasteiger partial charge is 0.461 e. The number of halogens is 1. The van der Waals surface area contributed by atoms with E-state index in [2.05, 4.69) is 55.2 Å². The van der Waals surface area contributed by atoms with Gasteiger partial charge in [-0.2, -0.15) is 20.2 Å². The van der Waals surface area contributed by atoms with Crippen molar-refractivity contribution >= 4 is 45.9 Å². The summed E-state index contributed by atoms with van der Waals surface area (Å²) >= 11 is 6.76. The van der Waals surface area contributed by atoms with E-state index in [-0.39, 0.29) is 35.6 Å². The number of rotatable bonds is 9. The predicted molar refractivity (Wildman–Crippen MR) is 201 cm³/mol. The maximum atomic E-state index is 13.5. The van der Waals surface area contributed by atoms with E-state index in [0.717, 1.165) is 71.0 Å². The molecule has 4 aromatic rings. The Bertz CT molecular complexity index is 2070. The van der Waals surface area contributed by atoms with Gasteiger partial charge in [0.1, 0.15) is 18.0 Å². The van der Waals surface area contributed by atoms with Crippen molar-refractivity contribution in [2.45, 2.75) is 76.1 Å². The van der Waals surface area contributed by atoms with Crippen LogP contribution >= 0.6 is 11.6 Å². The lowest BCUT2D eigenvalue weighted by Gasteiger charge is -2.42. The topological polar surface area (TPSA) is 148 Å². The van der Waals surface area contributed by atoms with Crippen LogP contribution in [0.15, 0.2) is 47.0 Å². The Morgan fingerprint density at radius 2 is 1.89 bits per heavy atom. The molecule has 13 nitrogen and oxygen atoms in total. The molecule has 1 amide bonds. The minimum absolute atomic E-state index is 0.0413. The number of hydrogen-bond donors (Lipinski definition) is 1. The van der Waals surface area contributed by atoms with E-state index in [4.69, 9.17) is 30.8 Å². The van der Waals surface area contributed by atoms with Crippen LogP contribution in [-0.2, 0) is 23.4 Å². The van der Waals surface area contributed by atoms with Crippen molar-refractivity contribution in [1.82, 2.24) is 29.9 Å². The van der Waals surface area contributed by atoms with Crippen molar-refractivity contribution in [2.24, 2.45) is 0 Å². The lowest BCUT2D eigenvalue weighted by atomic mass is 9.95. The fourth-order valence-corrected chi connectivity index (χ4v) is 8.81. The van der Waals surface area contributed by atoms with Crippen LogP contribution in [0.5, 0.6) is 6.01 Å². The Morgan fingerprint density at radius 1 is 1.09 bits per heavy atom. The quantitative estimate of drug-likeness (QED) is 0.228. The van der Waals surface area contributed by atoms with Crippen molar-refractivity contribution < 1.29 is 19.2 Å². The van der Waals surface area contributed by atoms with Crippen molar-refractivity contribution in [1.29, 1.82) is 5.26 Å². The Hall–Kier alpha value is -4.77. The third-order valence-corrected chi connectivity index (χ3v) is 11.5. The molecule has 3 saturated heterocycles. The Balaban J connectivity index is 1.07. The normalized spacial score (nSPS) is 20.2. The molecule has 2 aromatic carbocycles. The molecule has 14 heteroatoms. The van der Waals surface area contributed by atoms with Crippen LogP contribution in [0.3, 0.4) is 0 Å². The van der Waals surface area contributed by atoms with Crippen molar-refractivity contribution in [3.05, 3.63) is 70.5 Å². The van der Waals surface area contributed by atoms with Gasteiger partial charge < -0.3 is 29.1 Å². The molecule has 53 heavy (non-hydrogen) atoms. The predicted octanol–water partition coefficient (Wildman–Crippen LogP) is 5.11. The average Bonchev–Trinajstić information content (AvgIpc) is 3.89. The molecule has 0 aliphatic carbocycles. The number of piperazine rings is 1. The third-order valence-electron chi connectivity index (χ3n) is 11.2. The highest BCUT2D eigenvalue weighted by Gasteiger charge is 2.45. The number of aliphatic hydroxyl groups is 1. The zero-order valence-electron chi connectivity index (χ0n) is 30.2. The zero-order chi connectivity index (χ0) is 36.7. The number of amides is 1. The van der Waals surface area contributed by atoms with Crippen LogP contribution in [0.4, 0.5) is 11.5 Å². The van der Waals surface area contributed by atoms with Gasteiger partial charge in [-0.25, -0.2) is 0 Å². The SMILES string of the molecule is CC(C)(O)c1noc(/C=C/C(=O)N2CCN(c3nc(OCC45CCCN4CCC5)nc4c3CCN(c3cccc5cccc(Cl)c35)C4)C[C@@H]2CC#N)n1. The molecule has 1 atom stereocenters. The molecule has 0 saturated carbocycles. The molecule has 276 valence electrons. The van der Waals surface area contributed by atoms with E-state index < -0.39 is 5.60 Å². The molecule has 8 rings (SSSR count). The Labute approximate surface area is 313 Å². The summed E-state index contributed by atoms with van der Waals surface area (Å²) in [5, 5.41) is 26.6. The molecule has 4 aliphatic heterocycles. The molecule has 6 heterocycles. The number of fused-ring (bicyclic) bond motifs is 3. The van der Waals surface area contributed by atoms with Crippen LogP contribution in [0.2, 0.25) is 5.02 Å².